The van der Waals surface area contributed by atoms with E-state index in [0.717, 1.165) is 16.0 Å². The van der Waals surface area contributed by atoms with Crippen LogP contribution in [-0.4, -0.2) is 10.9 Å². The van der Waals surface area contributed by atoms with Crippen LogP contribution in [0.15, 0.2) is 41.3 Å². The predicted octanol–water partition coefficient (Wildman–Crippen LogP) is 5.61. The minimum atomic E-state index is 0.414. The number of hydrogen-bond acceptors (Lipinski definition) is 2. The molecule has 0 heterocycles. The highest BCUT2D eigenvalue weighted by atomic mass is 32.2. The largest absolute Gasteiger partial charge is 0.507 e. The Bertz CT molecular complexity index is 522. The second-order valence-electron chi connectivity index (χ2n) is 4.93. The van der Waals surface area contributed by atoms with Gasteiger partial charge in [0.15, 0.2) is 0 Å². The van der Waals surface area contributed by atoms with Crippen LogP contribution in [0.1, 0.15) is 39.0 Å². The maximum absolute atomic E-state index is 10.0. The third-order valence-corrected chi connectivity index (χ3v) is 4.46. The molecule has 0 atom stereocenters. The van der Waals surface area contributed by atoms with E-state index in [9.17, 15) is 5.11 Å². The molecule has 1 N–H and O–H groups in total. The number of hydrogen-bond donors (Lipinski definition) is 1. The van der Waals surface area contributed by atoms with Gasteiger partial charge in [-0.2, -0.15) is 0 Å². The quantitative estimate of drug-likeness (QED) is 0.523. The molecule has 19 heavy (non-hydrogen) atoms. The van der Waals surface area contributed by atoms with E-state index >= 15 is 0 Å². The molecule has 2 heteroatoms. The van der Waals surface area contributed by atoms with Gasteiger partial charge in [-0.1, -0.05) is 56.9 Å². The molecule has 0 aliphatic carbocycles. The molecule has 0 aliphatic rings. The molecule has 0 radical (unpaired) electrons. The first-order valence-corrected chi connectivity index (χ1v) is 8.14. The lowest BCUT2D eigenvalue weighted by Gasteiger charge is -2.07. The van der Waals surface area contributed by atoms with E-state index in [1.807, 2.05) is 24.3 Å². The summed E-state index contributed by atoms with van der Waals surface area (Å²) in [6, 6.07) is 12.1. The Morgan fingerprint density at radius 1 is 0.947 bits per heavy atom. The molecule has 102 valence electrons. The molecule has 1 nitrogen and oxygen atoms in total. The number of aromatic hydroxyl groups is 1. The van der Waals surface area contributed by atoms with E-state index in [2.05, 4.69) is 19.1 Å². The van der Waals surface area contributed by atoms with Crippen LogP contribution < -0.4 is 0 Å². The van der Waals surface area contributed by atoms with Crippen LogP contribution in [0.3, 0.4) is 0 Å². The molecule has 0 aliphatic heterocycles. The molecule has 2 aromatic carbocycles. The topological polar surface area (TPSA) is 20.2 Å². The van der Waals surface area contributed by atoms with Crippen LogP contribution >= 0.6 is 11.8 Å². The average molecular weight is 274 g/mol. The summed E-state index contributed by atoms with van der Waals surface area (Å²) in [6.07, 6.45) is 6.50. The van der Waals surface area contributed by atoms with Crippen molar-refractivity contribution in [3.63, 3.8) is 0 Å². The zero-order valence-electron chi connectivity index (χ0n) is 11.6. The van der Waals surface area contributed by atoms with Gasteiger partial charge in [-0.3, -0.25) is 0 Å². The minimum absolute atomic E-state index is 0.414. The van der Waals surface area contributed by atoms with E-state index in [1.54, 1.807) is 11.8 Å². The molecule has 2 rings (SSSR count). The van der Waals surface area contributed by atoms with Gasteiger partial charge >= 0.3 is 0 Å². The molecule has 0 aromatic heterocycles. The fourth-order valence-electron chi connectivity index (χ4n) is 2.21. The highest BCUT2D eigenvalue weighted by Gasteiger charge is 2.04. The molecule has 0 spiro atoms. The Kier molecular flexibility index (Phi) is 5.59. The normalized spacial score (nSPS) is 11.0. The number of unbranched alkanes of at least 4 members (excludes halogenated alkanes) is 4. The predicted molar refractivity (Wildman–Crippen MR) is 85.1 cm³/mol. The van der Waals surface area contributed by atoms with Crippen molar-refractivity contribution in [3.05, 3.63) is 36.4 Å². The lowest BCUT2D eigenvalue weighted by atomic mass is 10.1. The molecule has 2 aromatic rings. The van der Waals surface area contributed by atoms with Gasteiger partial charge < -0.3 is 5.11 Å². The Hall–Kier alpha value is -1.15. The van der Waals surface area contributed by atoms with Gasteiger partial charge in [-0.25, -0.2) is 0 Å². The van der Waals surface area contributed by atoms with Crippen LogP contribution in [0.4, 0.5) is 0 Å². The molecular weight excluding hydrogens is 252 g/mol. The summed E-state index contributed by atoms with van der Waals surface area (Å²) < 4.78 is 0. The zero-order valence-corrected chi connectivity index (χ0v) is 12.4. The van der Waals surface area contributed by atoms with E-state index < -0.39 is 0 Å². The molecule has 0 unspecified atom stereocenters. The monoisotopic (exact) mass is 274 g/mol. The number of benzene rings is 2. The number of thioether (sulfide) groups is 1. The smallest absolute Gasteiger partial charge is 0.129 e. The summed E-state index contributed by atoms with van der Waals surface area (Å²) in [7, 11) is 0. The Labute approximate surface area is 120 Å². The zero-order chi connectivity index (χ0) is 13.5. The van der Waals surface area contributed by atoms with Gasteiger partial charge in [0.25, 0.3) is 0 Å². The highest BCUT2D eigenvalue weighted by Crippen LogP contribution is 2.33. The van der Waals surface area contributed by atoms with Crippen LogP contribution in [-0.2, 0) is 0 Å². The van der Waals surface area contributed by atoms with Gasteiger partial charge in [0.1, 0.15) is 5.75 Å². The van der Waals surface area contributed by atoms with Crippen molar-refractivity contribution < 1.29 is 5.11 Å². The minimum Gasteiger partial charge on any atom is -0.507 e. The van der Waals surface area contributed by atoms with E-state index in [4.69, 9.17) is 0 Å². The molecule has 0 bridgehead atoms. The van der Waals surface area contributed by atoms with Crippen molar-refractivity contribution in [3.8, 4) is 5.75 Å². The first-order chi connectivity index (χ1) is 9.31. The Morgan fingerprint density at radius 3 is 2.37 bits per heavy atom. The lowest BCUT2D eigenvalue weighted by molar-refractivity contribution is 0.463. The fraction of sp³-hybridized carbons (Fsp3) is 0.412. The van der Waals surface area contributed by atoms with E-state index in [1.165, 1.54) is 37.5 Å². The summed E-state index contributed by atoms with van der Waals surface area (Å²) in [4.78, 5) is 1.01. The van der Waals surface area contributed by atoms with E-state index in [0.29, 0.717) is 5.75 Å². The molecular formula is C17H22OS. The van der Waals surface area contributed by atoms with Crippen molar-refractivity contribution in [1.29, 1.82) is 0 Å². The maximum atomic E-state index is 10.0. The SMILES string of the molecule is CCCCCCCSc1cc2ccccc2cc1O. The van der Waals surface area contributed by atoms with Crippen molar-refractivity contribution in [1.82, 2.24) is 0 Å². The first-order valence-electron chi connectivity index (χ1n) is 7.16. The van der Waals surface area contributed by atoms with Crippen LogP contribution in [0.2, 0.25) is 0 Å². The maximum Gasteiger partial charge on any atom is 0.129 e. The number of phenols is 1. The first kappa shape index (κ1) is 14.3. The number of phenolic OH excluding ortho intramolecular Hbond substituents is 1. The molecule has 0 amide bonds. The van der Waals surface area contributed by atoms with Crippen LogP contribution in [0.25, 0.3) is 10.8 Å². The van der Waals surface area contributed by atoms with Gasteiger partial charge in [-0.05, 0) is 35.1 Å². The van der Waals surface area contributed by atoms with Crippen LogP contribution in [0.5, 0.6) is 5.75 Å². The third-order valence-electron chi connectivity index (χ3n) is 3.33. The van der Waals surface area contributed by atoms with Gasteiger partial charge in [0.2, 0.25) is 0 Å². The van der Waals surface area contributed by atoms with Gasteiger partial charge in [0, 0.05) is 4.90 Å². The number of rotatable bonds is 7. The molecule has 0 saturated heterocycles. The summed E-state index contributed by atoms with van der Waals surface area (Å²) in [6.45, 7) is 2.24. The Morgan fingerprint density at radius 2 is 1.63 bits per heavy atom. The third kappa shape index (κ3) is 4.17. The fourth-order valence-corrected chi connectivity index (χ4v) is 3.20. The standard InChI is InChI=1S/C17H22OS/c1-2-3-4-5-8-11-19-17-13-15-10-7-6-9-14(15)12-16(17)18/h6-7,9-10,12-13,18H,2-5,8,11H2,1H3. The van der Waals surface area contributed by atoms with Crippen molar-refractivity contribution in [2.75, 3.05) is 5.75 Å². The summed E-state index contributed by atoms with van der Waals surface area (Å²) in [5.41, 5.74) is 0. The Balaban J connectivity index is 1.91. The second-order valence-corrected chi connectivity index (χ2v) is 6.07. The average Bonchev–Trinajstić information content (AvgIpc) is 2.43. The summed E-state index contributed by atoms with van der Waals surface area (Å²) >= 11 is 1.77. The summed E-state index contributed by atoms with van der Waals surface area (Å²) in [5, 5.41) is 12.3. The summed E-state index contributed by atoms with van der Waals surface area (Å²) in [5.74, 6) is 1.51. The van der Waals surface area contributed by atoms with Crippen molar-refractivity contribution >= 4 is 22.5 Å². The highest BCUT2D eigenvalue weighted by molar-refractivity contribution is 7.99. The van der Waals surface area contributed by atoms with Gasteiger partial charge in [0.05, 0.1) is 0 Å². The molecule has 0 fully saturated rings. The van der Waals surface area contributed by atoms with Crippen molar-refractivity contribution in [2.45, 2.75) is 43.9 Å². The number of fused-ring (bicyclic) bond motifs is 1. The van der Waals surface area contributed by atoms with Gasteiger partial charge in [-0.15, -0.1) is 11.8 Å². The van der Waals surface area contributed by atoms with Crippen molar-refractivity contribution in [2.24, 2.45) is 0 Å². The van der Waals surface area contributed by atoms with E-state index in [-0.39, 0.29) is 0 Å². The molecule has 0 saturated carbocycles. The second kappa shape index (κ2) is 7.44. The van der Waals surface area contributed by atoms with Crippen LogP contribution in [0, 0.1) is 0 Å². The lowest BCUT2D eigenvalue weighted by Crippen LogP contribution is -1.83.